The number of allylic oxidation sites excluding steroid dienone is 2. The van der Waals surface area contributed by atoms with Crippen molar-refractivity contribution in [3.8, 4) is 0 Å². The molecule has 1 aliphatic carbocycles. The monoisotopic (exact) mass is 341 g/mol. The summed E-state index contributed by atoms with van der Waals surface area (Å²) in [5.41, 5.74) is 7.18. The van der Waals surface area contributed by atoms with Crippen LogP contribution in [-0.4, -0.2) is 50.6 Å². The molecule has 1 amide bonds. The van der Waals surface area contributed by atoms with Gasteiger partial charge in [-0.2, -0.15) is 5.10 Å². The van der Waals surface area contributed by atoms with Crippen LogP contribution < -0.4 is 5.43 Å². The molecule has 0 unspecified atom stereocenters. The number of hydrogen-bond donors (Lipinski definition) is 1. The van der Waals surface area contributed by atoms with Crippen molar-refractivity contribution in [3.05, 3.63) is 52.7 Å². The Morgan fingerprint density at radius 3 is 2.72 bits per heavy atom. The Balaban J connectivity index is 1.87. The van der Waals surface area contributed by atoms with Gasteiger partial charge in [0.2, 0.25) is 0 Å². The van der Waals surface area contributed by atoms with E-state index in [0.29, 0.717) is 0 Å². The Morgan fingerprint density at radius 1 is 1.24 bits per heavy atom. The first kappa shape index (κ1) is 17.2. The summed E-state index contributed by atoms with van der Waals surface area (Å²) in [6, 6.07) is 10.3. The van der Waals surface area contributed by atoms with E-state index >= 15 is 0 Å². The standard InChI is InChI=1S/C19H23N3O3/c1-24-19(23)21-20-14-17-8-7-16(13-15-5-3-2-4-6-15)18(17)22-9-11-25-12-10-22/h2-6,13-14H,7-12H2,1H3,(H,21,23)/b16-13?,20-14-. The Bertz CT molecular complexity index is 689. The van der Waals surface area contributed by atoms with Crippen molar-refractivity contribution in [2.24, 2.45) is 5.10 Å². The zero-order chi connectivity index (χ0) is 17.5. The number of methoxy groups -OCH3 is 1. The maximum atomic E-state index is 11.2. The van der Waals surface area contributed by atoms with Gasteiger partial charge in [0.1, 0.15) is 0 Å². The molecule has 1 aromatic carbocycles. The van der Waals surface area contributed by atoms with Gasteiger partial charge in [0, 0.05) is 18.8 Å². The number of hydrogen-bond acceptors (Lipinski definition) is 5. The van der Waals surface area contributed by atoms with Gasteiger partial charge in [0.25, 0.3) is 0 Å². The lowest BCUT2D eigenvalue weighted by atomic mass is 10.1. The number of benzene rings is 1. The van der Waals surface area contributed by atoms with Gasteiger partial charge in [-0.05, 0) is 35.6 Å². The van der Waals surface area contributed by atoms with Gasteiger partial charge in [-0.25, -0.2) is 10.2 Å². The maximum absolute atomic E-state index is 11.2. The highest BCUT2D eigenvalue weighted by Crippen LogP contribution is 2.34. The van der Waals surface area contributed by atoms with Crippen molar-refractivity contribution in [1.29, 1.82) is 0 Å². The van der Waals surface area contributed by atoms with Crippen molar-refractivity contribution in [1.82, 2.24) is 10.3 Å². The number of nitrogens with zero attached hydrogens (tertiary/aromatic N) is 2. The fourth-order valence-corrected chi connectivity index (χ4v) is 3.13. The number of rotatable bonds is 4. The van der Waals surface area contributed by atoms with Crippen LogP contribution in [0.5, 0.6) is 0 Å². The smallest absolute Gasteiger partial charge is 0.427 e. The van der Waals surface area contributed by atoms with E-state index in [2.05, 4.69) is 38.4 Å². The van der Waals surface area contributed by atoms with Crippen LogP contribution in [0.15, 0.2) is 52.3 Å². The lowest BCUT2D eigenvalue weighted by Crippen LogP contribution is -2.36. The molecule has 0 atom stereocenters. The van der Waals surface area contributed by atoms with E-state index in [1.54, 1.807) is 6.21 Å². The number of carbonyl (C=O) groups is 1. The Kier molecular flexibility index (Phi) is 5.85. The quantitative estimate of drug-likeness (QED) is 0.676. The predicted molar refractivity (Wildman–Crippen MR) is 97.1 cm³/mol. The van der Waals surface area contributed by atoms with E-state index in [1.807, 2.05) is 18.2 Å². The number of amides is 1. The van der Waals surface area contributed by atoms with Crippen LogP contribution in [-0.2, 0) is 9.47 Å². The van der Waals surface area contributed by atoms with Crippen molar-refractivity contribution < 1.29 is 14.3 Å². The molecule has 132 valence electrons. The first-order chi connectivity index (χ1) is 12.3. The molecule has 0 spiro atoms. The molecule has 3 rings (SSSR count). The lowest BCUT2D eigenvalue weighted by Gasteiger charge is -2.31. The number of morpholine rings is 1. The molecule has 1 fully saturated rings. The number of hydrazone groups is 1. The molecule has 1 N–H and O–H groups in total. The second-order valence-electron chi connectivity index (χ2n) is 5.92. The molecule has 25 heavy (non-hydrogen) atoms. The molecule has 1 aliphatic heterocycles. The first-order valence-corrected chi connectivity index (χ1v) is 8.47. The van der Waals surface area contributed by atoms with Gasteiger partial charge in [0.15, 0.2) is 0 Å². The fraction of sp³-hybridized carbons (Fsp3) is 0.368. The molecule has 1 heterocycles. The molecular weight excluding hydrogens is 318 g/mol. The average molecular weight is 341 g/mol. The van der Waals surface area contributed by atoms with Crippen LogP contribution in [0.3, 0.4) is 0 Å². The zero-order valence-electron chi connectivity index (χ0n) is 14.4. The van der Waals surface area contributed by atoms with Gasteiger partial charge in [0.05, 0.1) is 26.5 Å². The van der Waals surface area contributed by atoms with Crippen molar-refractivity contribution in [3.63, 3.8) is 0 Å². The third-order valence-corrected chi connectivity index (χ3v) is 4.30. The summed E-state index contributed by atoms with van der Waals surface area (Å²) >= 11 is 0. The summed E-state index contributed by atoms with van der Waals surface area (Å²) in [6.45, 7) is 3.19. The normalized spacial score (nSPS) is 19.7. The minimum atomic E-state index is -0.567. The highest BCUT2D eigenvalue weighted by Gasteiger charge is 2.25. The van der Waals surface area contributed by atoms with E-state index < -0.39 is 6.09 Å². The van der Waals surface area contributed by atoms with Gasteiger partial charge in [-0.15, -0.1) is 0 Å². The molecule has 6 heteroatoms. The molecule has 1 saturated heterocycles. The predicted octanol–water partition coefficient (Wildman–Crippen LogP) is 2.79. The van der Waals surface area contributed by atoms with Gasteiger partial charge in [-0.1, -0.05) is 30.3 Å². The summed E-state index contributed by atoms with van der Waals surface area (Å²) in [5.74, 6) is 0. The molecular formula is C19H23N3O3. The number of nitrogens with one attached hydrogen (secondary N) is 1. The van der Waals surface area contributed by atoms with Crippen molar-refractivity contribution in [2.75, 3.05) is 33.4 Å². The van der Waals surface area contributed by atoms with E-state index in [4.69, 9.17) is 4.74 Å². The topological polar surface area (TPSA) is 63.2 Å². The summed E-state index contributed by atoms with van der Waals surface area (Å²) in [5, 5.41) is 4.02. The largest absolute Gasteiger partial charge is 0.452 e. The summed E-state index contributed by atoms with van der Waals surface area (Å²) in [4.78, 5) is 13.5. The van der Waals surface area contributed by atoms with Crippen molar-refractivity contribution >= 4 is 18.4 Å². The van der Waals surface area contributed by atoms with Crippen LogP contribution in [0.1, 0.15) is 18.4 Å². The van der Waals surface area contributed by atoms with Gasteiger partial charge in [-0.3, -0.25) is 0 Å². The van der Waals surface area contributed by atoms with Crippen LogP contribution in [0.25, 0.3) is 6.08 Å². The second-order valence-corrected chi connectivity index (χ2v) is 5.92. The minimum absolute atomic E-state index is 0.567. The fourth-order valence-electron chi connectivity index (χ4n) is 3.13. The SMILES string of the molecule is COC(=O)N/N=C\C1=C(N2CCOCC2)C(=Cc2ccccc2)CC1. The molecule has 2 aliphatic rings. The summed E-state index contributed by atoms with van der Waals surface area (Å²) in [7, 11) is 1.32. The van der Waals surface area contributed by atoms with Crippen LogP contribution in [0.2, 0.25) is 0 Å². The third-order valence-electron chi connectivity index (χ3n) is 4.30. The van der Waals surface area contributed by atoms with Crippen LogP contribution in [0.4, 0.5) is 4.79 Å². The maximum Gasteiger partial charge on any atom is 0.427 e. The molecule has 0 bridgehead atoms. The average Bonchev–Trinajstić information content (AvgIpc) is 3.05. The molecule has 0 radical (unpaired) electrons. The summed E-state index contributed by atoms with van der Waals surface area (Å²) < 4.78 is 10.0. The highest BCUT2D eigenvalue weighted by atomic mass is 16.5. The minimum Gasteiger partial charge on any atom is -0.452 e. The first-order valence-electron chi connectivity index (χ1n) is 8.47. The molecule has 0 aromatic heterocycles. The molecule has 6 nitrogen and oxygen atoms in total. The zero-order valence-corrected chi connectivity index (χ0v) is 14.4. The summed E-state index contributed by atoms with van der Waals surface area (Å²) in [6.07, 6.45) is 5.26. The van der Waals surface area contributed by atoms with E-state index in [-0.39, 0.29) is 0 Å². The molecule has 0 saturated carbocycles. The van der Waals surface area contributed by atoms with E-state index in [0.717, 1.165) is 44.7 Å². The number of carbonyl (C=O) groups excluding carboxylic acids is 1. The Hall–Kier alpha value is -2.60. The second kappa shape index (κ2) is 8.48. The third kappa shape index (κ3) is 4.48. The van der Waals surface area contributed by atoms with Gasteiger partial charge >= 0.3 is 6.09 Å². The van der Waals surface area contributed by atoms with Crippen LogP contribution in [0, 0.1) is 0 Å². The lowest BCUT2D eigenvalue weighted by molar-refractivity contribution is 0.0548. The molecule has 1 aromatic rings. The van der Waals surface area contributed by atoms with E-state index in [9.17, 15) is 4.79 Å². The highest BCUT2D eigenvalue weighted by molar-refractivity contribution is 5.84. The van der Waals surface area contributed by atoms with E-state index in [1.165, 1.54) is 23.9 Å². The van der Waals surface area contributed by atoms with Crippen molar-refractivity contribution in [2.45, 2.75) is 12.8 Å². The Labute approximate surface area is 147 Å². The Morgan fingerprint density at radius 2 is 2.00 bits per heavy atom. The number of ether oxygens (including phenoxy) is 2. The van der Waals surface area contributed by atoms with Crippen LogP contribution >= 0.6 is 0 Å². The van der Waals surface area contributed by atoms with Gasteiger partial charge < -0.3 is 14.4 Å².